The number of amides is 2. The Bertz CT molecular complexity index is 530. The fourth-order valence-corrected chi connectivity index (χ4v) is 2.58. The van der Waals surface area contributed by atoms with E-state index in [1.165, 1.54) is 6.42 Å². The summed E-state index contributed by atoms with van der Waals surface area (Å²) in [5, 5.41) is 5.75. The first-order valence-electron chi connectivity index (χ1n) is 9.04. The van der Waals surface area contributed by atoms with Crippen molar-refractivity contribution in [1.82, 2.24) is 10.2 Å². The van der Waals surface area contributed by atoms with Crippen LogP contribution in [0, 0.1) is 0 Å². The quantitative estimate of drug-likeness (QED) is 0.757. The van der Waals surface area contributed by atoms with E-state index in [0.29, 0.717) is 19.8 Å². The summed E-state index contributed by atoms with van der Waals surface area (Å²) in [6.07, 6.45) is 3.67. The van der Waals surface area contributed by atoms with Crippen molar-refractivity contribution in [2.24, 2.45) is 0 Å². The lowest BCUT2D eigenvalue weighted by atomic mass is 10.1. The van der Waals surface area contributed by atoms with Gasteiger partial charge < -0.3 is 25.0 Å². The van der Waals surface area contributed by atoms with Crippen LogP contribution >= 0.6 is 0 Å². The van der Waals surface area contributed by atoms with Gasteiger partial charge in [-0.3, -0.25) is 0 Å². The molecule has 2 N–H and O–H groups in total. The van der Waals surface area contributed by atoms with Crippen LogP contribution in [0.25, 0.3) is 0 Å². The van der Waals surface area contributed by atoms with E-state index in [9.17, 15) is 4.79 Å². The van der Waals surface area contributed by atoms with Crippen LogP contribution in [0.1, 0.15) is 31.7 Å². The van der Waals surface area contributed by atoms with Crippen molar-refractivity contribution in [3.8, 4) is 0 Å². The Kier molecular flexibility index (Phi) is 8.18. The lowest BCUT2D eigenvalue weighted by molar-refractivity contribution is -0.0447. The molecular formula is C19H31N3O3. The van der Waals surface area contributed by atoms with Crippen molar-refractivity contribution in [1.29, 1.82) is 0 Å². The van der Waals surface area contributed by atoms with Gasteiger partial charge in [-0.15, -0.1) is 0 Å². The summed E-state index contributed by atoms with van der Waals surface area (Å²) in [7, 11) is 3.98. The number of nitrogens with one attached hydrogen (secondary N) is 2. The third kappa shape index (κ3) is 7.42. The average molecular weight is 349 g/mol. The summed E-state index contributed by atoms with van der Waals surface area (Å²) in [4.78, 5) is 14.0. The molecule has 1 saturated heterocycles. The number of urea groups is 1. The van der Waals surface area contributed by atoms with Gasteiger partial charge in [-0.1, -0.05) is 12.1 Å². The van der Waals surface area contributed by atoms with Gasteiger partial charge in [0.15, 0.2) is 0 Å². The van der Waals surface area contributed by atoms with E-state index in [-0.39, 0.29) is 18.2 Å². The zero-order chi connectivity index (χ0) is 18.1. The monoisotopic (exact) mass is 349 g/mol. The smallest absolute Gasteiger partial charge is 0.319 e. The lowest BCUT2D eigenvalue weighted by Crippen LogP contribution is -2.40. The van der Waals surface area contributed by atoms with Crippen molar-refractivity contribution in [3.63, 3.8) is 0 Å². The Labute approximate surface area is 150 Å². The molecule has 2 amide bonds. The molecule has 6 heteroatoms. The number of carbonyl (C=O) groups is 1. The second-order valence-electron chi connectivity index (χ2n) is 6.85. The van der Waals surface area contributed by atoms with Crippen LogP contribution in [-0.4, -0.2) is 56.9 Å². The standard InChI is InChI=1S/C19H31N3O3/c1-15(22(2)3)12-20-19(23)21-17-8-6-7-16(11-17)13-24-14-18-9-4-5-10-25-18/h6-8,11,15,18H,4-5,9-10,12-14H2,1-3H3,(H2,20,21,23)/t15-,18-/m1/s1. The average Bonchev–Trinajstić information content (AvgIpc) is 2.61. The molecule has 6 nitrogen and oxygen atoms in total. The molecule has 25 heavy (non-hydrogen) atoms. The van der Waals surface area contributed by atoms with Gasteiger partial charge in [-0.05, 0) is 58.0 Å². The fourth-order valence-electron chi connectivity index (χ4n) is 2.58. The number of carbonyl (C=O) groups excluding carboxylic acids is 1. The molecular weight excluding hydrogens is 318 g/mol. The Morgan fingerprint density at radius 2 is 2.24 bits per heavy atom. The predicted molar refractivity (Wildman–Crippen MR) is 99.9 cm³/mol. The molecule has 0 saturated carbocycles. The summed E-state index contributed by atoms with van der Waals surface area (Å²) in [5.41, 5.74) is 1.81. The highest BCUT2D eigenvalue weighted by atomic mass is 16.5. The van der Waals surface area contributed by atoms with E-state index in [1.54, 1.807) is 0 Å². The zero-order valence-corrected chi connectivity index (χ0v) is 15.6. The Morgan fingerprint density at radius 1 is 1.40 bits per heavy atom. The number of hydrogen-bond acceptors (Lipinski definition) is 4. The van der Waals surface area contributed by atoms with E-state index in [4.69, 9.17) is 9.47 Å². The third-order valence-electron chi connectivity index (χ3n) is 4.47. The topological polar surface area (TPSA) is 62.8 Å². The lowest BCUT2D eigenvalue weighted by Gasteiger charge is -2.22. The van der Waals surface area contributed by atoms with Crippen LogP contribution in [0.5, 0.6) is 0 Å². The van der Waals surface area contributed by atoms with Crippen LogP contribution in [0.4, 0.5) is 10.5 Å². The molecule has 2 rings (SSSR count). The van der Waals surface area contributed by atoms with Gasteiger partial charge in [-0.25, -0.2) is 4.79 Å². The molecule has 2 atom stereocenters. The van der Waals surface area contributed by atoms with Crippen molar-refractivity contribution in [2.75, 3.05) is 39.2 Å². The Hall–Kier alpha value is -1.63. The minimum Gasteiger partial charge on any atom is -0.376 e. The molecule has 0 spiro atoms. The minimum atomic E-state index is -0.192. The highest BCUT2D eigenvalue weighted by molar-refractivity contribution is 5.89. The number of nitrogens with zero attached hydrogens (tertiary/aromatic N) is 1. The third-order valence-corrected chi connectivity index (χ3v) is 4.47. The largest absolute Gasteiger partial charge is 0.376 e. The van der Waals surface area contributed by atoms with E-state index in [1.807, 2.05) is 38.4 Å². The first kappa shape index (κ1) is 19.7. The summed E-state index contributed by atoms with van der Waals surface area (Å²) in [6, 6.07) is 7.83. The number of likely N-dealkylation sites (N-methyl/N-ethyl adjacent to an activating group) is 1. The summed E-state index contributed by atoms with van der Waals surface area (Å²) in [5.74, 6) is 0. The number of hydrogen-bond donors (Lipinski definition) is 2. The van der Waals surface area contributed by atoms with Crippen molar-refractivity contribution in [2.45, 2.75) is 44.9 Å². The maximum atomic E-state index is 12.0. The Morgan fingerprint density at radius 3 is 2.96 bits per heavy atom. The van der Waals surface area contributed by atoms with Gasteiger partial charge in [0.25, 0.3) is 0 Å². The number of rotatable bonds is 8. The van der Waals surface area contributed by atoms with Crippen molar-refractivity contribution in [3.05, 3.63) is 29.8 Å². The SMILES string of the molecule is C[C@H](CNC(=O)Nc1cccc(COC[C@H]2CCCCO2)c1)N(C)C. The van der Waals surface area contributed by atoms with Crippen molar-refractivity contribution >= 4 is 11.7 Å². The maximum absolute atomic E-state index is 12.0. The van der Waals surface area contributed by atoms with Crippen LogP contribution in [0.15, 0.2) is 24.3 Å². The molecule has 1 fully saturated rings. The van der Waals surface area contributed by atoms with Gasteiger partial charge in [0.1, 0.15) is 0 Å². The van der Waals surface area contributed by atoms with Gasteiger partial charge in [0.2, 0.25) is 0 Å². The number of ether oxygens (including phenoxy) is 2. The Balaban J connectivity index is 1.73. The van der Waals surface area contributed by atoms with E-state index in [2.05, 4.69) is 22.5 Å². The molecule has 0 aliphatic carbocycles. The molecule has 1 heterocycles. The molecule has 0 bridgehead atoms. The summed E-state index contributed by atoms with van der Waals surface area (Å²) >= 11 is 0. The van der Waals surface area contributed by atoms with Gasteiger partial charge in [0.05, 0.1) is 19.3 Å². The second-order valence-corrected chi connectivity index (χ2v) is 6.85. The van der Waals surface area contributed by atoms with Crippen LogP contribution in [-0.2, 0) is 16.1 Å². The number of benzene rings is 1. The second kappa shape index (κ2) is 10.4. The van der Waals surface area contributed by atoms with Crippen LogP contribution in [0.3, 0.4) is 0 Å². The van der Waals surface area contributed by atoms with Gasteiger partial charge in [-0.2, -0.15) is 0 Å². The van der Waals surface area contributed by atoms with E-state index >= 15 is 0 Å². The molecule has 0 unspecified atom stereocenters. The maximum Gasteiger partial charge on any atom is 0.319 e. The number of anilines is 1. The van der Waals surface area contributed by atoms with E-state index < -0.39 is 0 Å². The molecule has 0 aromatic heterocycles. The summed E-state index contributed by atoms with van der Waals surface area (Å²) in [6.45, 7) is 4.65. The minimum absolute atomic E-state index is 0.192. The van der Waals surface area contributed by atoms with Crippen LogP contribution < -0.4 is 10.6 Å². The molecule has 1 aromatic carbocycles. The van der Waals surface area contributed by atoms with Gasteiger partial charge in [0, 0.05) is 24.9 Å². The first-order valence-corrected chi connectivity index (χ1v) is 9.04. The fraction of sp³-hybridized carbons (Fsp3) is 0.632. The zero-order valence-electron chi connectivity index (χ0n) is 15.6. The van der Waals surface area contributed by atoms with E-state index in [0.717, 1.165) is 30.7 Å². The van der Waals surface area contributed by atoms with Crippen LogP contribution in [0.2, 0.25) is 0 Å². The highest BCUT2D eigenvalue weighted by Gasteiger charge is 2.13. The summed E-state index contributed by atoms with van der Waals surface area (Å²) < 4.78 is 11.4. The molecule has 140 valence electrons. The normalized spacial score (nSPS) is 18.8. The van der Waals surface area contributed by atoms with Crippen molar-refractivity contribution < 1.29 is 14.3 Å². The molecule has 0 radical (unpaired) electrons. The molecule has 1 aromatic rings. The van der Waals surface area contributed by atoms with Gasteiger partial charge >= 0.3 is 6.03 Å². The highest BCUT2D eigenvalue weighted by Crippen LogP contribution is 2.15. The molecule has 1 aliphatic rings. The predicted octanol–water partition coefficient (Wildman–Crippen LogP) is 2.84. The molecule has 1 aliphatic heterocycles. The first-order chi connectivity index (χ1) is 12.0.